The third-order valence-electron chi connectivity index (χ3n) is 4.99. The number of furan rings is 1. The lowest BCUT2D eigenvalue weighted by Gasteiger charge is -2.05. The molecule has 0 aliphatic heterocycles. The Bertz CT molecular complexity index is 1500. The fourth-order valence-corrected chi connectivity index (χ4v) is 4.02. The fourth-order valence-electron chi connectivity index (χ4n) is 3.89. The molecule has 0 fully saturated rings. The molecule has 0 spiro atoms. The largest absolute Gasteiger partial charge is 0.455 e. The first-order chi connectivity index (χ1) is 13.3. The first-order valence-corrected chi connectivity index (χ1v) is 9.01. The Morgan fingerprint density at radius 2 is 1.59 bits per heavy atom. The standard InChI is InChI=1S/C22H12ClN3O/c23-19-11-12-24-22(25-19)26-16-7-3-1-6-15(16)20-17(26)10-9-14-13-5-2-4-8-18(13)27-21(14)20/h1-12H. The molecule has 0 amide bonds. The Kier molecular flexibility index (Phi) is 2.91. The SMILES string of the molecule is Clc1ccnc(-n2c3ccccc3c3c4oc5ccccc5c4ccc32)n1. The zero-order valence-corrected chi connectivity index (χ0v) is 14.8. The third kappa shape index (κ3) is 1.99. The molecule has 4 nitrogen and oxygen atoms in total. The molecule has 0 atom stereocenters. The quantitative estimate of drug-likeness (QED) is 0.327. The van der Waals surface area contributed by atoms with Crippen LogP contribution in [0.1, 0.15) is 0 Å². The summed E-state index contributed by atoms with van der Waals surface area (Å²) in [6.45, 7) is 0. The predicted octanol–water partition coefficient (Wildman–Crippen LogP) is 6.13. The predicted molar refractivity (Wildman–Crippen MR) is 109 cm³/mol. The highest BCUT2D eigenvalue weighted by atomic mass is 35.5. The number of aromatic nitrogens is 3. The van der Waals surface area contributed by atoms with E-state index in [4.69, 9.17) is 16.0 Å². The molecular formula is C22H12ClN3O. The Morgan fingerprint density at radius 1 is 0.778 bits per heavy atom. The monoisotopic (exact) mass is 369 g/mol. The molecule has 0 aliphatic carbocycles. The number of benzene rings is 3. The molecule has 3 heterocycles. The van der Waals surface area contributed by atoms with Crippen LogP contribution in [-0.4, -0.2) is 14.5 Å². The van der Waals surface area contributed by atoms with Crippen molar-refractivity contribution in [2.75, 3.05) is 0 Å². The smallest absolute Gasteiger partial charge is 0.236 e. The van der Waals surface area contributed by atoms with Crippen LogP contribution >= 0.6 is 11.6 Å². The number of nitrogens with zero attached hydrogens (tertiary/aromatic N) is 3. The minimum atomic E-state index is 0.413. The summed E-state index contributed by atoms with van der Waals surface area (Å²) in [6.07, 6.45) is 1.67. The van der Waals surface area contributed by atoms with E-state index < -0.39 is 0 Å². The molecule has 0 N–H and O–H groups in total. The zero-order valence-electron chi connectivity index (χ0n) is 14.1. The van der Waals surface area contributed by atoms with Crippen LogP contribution < -0.4 is 0 Å². The molecule has 0 saturated carbocycles. The van der Waals surface area contributed by atoms with E-state index in [1.54, 1.807) is 12.3 Å². The van der Waals surface area contributed by atoms with Gasteiger partial charge in [-0.15, -0.1) is 0 Å². The van der Waals surface area contributed by atoms with Crippen LogP contribution in [0.4, 0.5) is 0 Å². The zero-order chi connectivity index (χ0) is 18.0. The number of halogens is 1. The van der Waals surface area contributed by atoms with E-state index in [0.717, 1.165) is 43.7 Å². The summed E-state index contributed by atoms with van der Waals surface area (Å²) >= 11 is 6.13. The number of para-hydroxylation sites is 2. The summed E-state index contributed by atoms with van der Waals surface area (Å²) in [4.78, 5) is 8.87. The molecule has 3 aromatic carbocycles. The van der Waals surface area contributed by atoms with Gasteiger partial charge >= 0.3 is 0 Å². The number of hydrogen-bond acceptors (Lipinski definition) is 3. The summed E-state index contributed by atoms with van der Waals surface area (Å²) < 4.78 is 8.30. The normalized spacial score (nSPS) is 11.9. The van der Waals surface area contributed by atoms with Crippen LogP contribution in [0.3, 0.4) is 0 Å². The summed E-state index contributed by atoms with van der Waals surface area (Å²) in [5.41, 5.74) is 3.77. The molecule has 0 radical (unpaired) electrons. The van der Waals surface area contributed by atoms with Crippen molar-refractivity contribution in [2.24, 2.45) is 0 Å². The van der Waals surface area contributed by atoms with Gasteiger partial charge in [0.25, 0.3) is 0 Å². The summed E-state index contributed by atoms with van der Waals surface area (Å²) in [5.74, 6) is 0.546. The fraction of sp³-hybridized carbons (Fsp3) is 0. The molecule has 0 bridgehead atoms. The van der Waals surface area contributed by atoms with Gasteiger partial charge < -0.3 is 4.42 Å². The van der Waals surface area contributed by atoms with Gasteiger partial charge in [0.05, 0.1) is 16.4 Å². The first-order valence-electron chi connectivity index (χ1n) is 8.63. The van der Waals surface area contributed by atoms with E-state index in [0.29, 0.717) is 11.1 Å². The van der Waals surface area contributed by atoms with Gasteiger partial charge in [-0.3, -0.25) is 4.57 Å². The number of rotatable bonds is 1. The maximum atomic E-state index is 6.27. The van der Waals surface area contributed by atoms with Crippen LogP contribution in [0.25, 0.3) is 49.7 Å². The number of fused-ring (bicyclic) bond motifs is 7. The molecule has 6 aromatic rings. The lowest BCUT2D eigenvalue weighted by atomic mass is 10.1. The highest BCUT2D eigenvalue weighted by Gasteiger charge is 2.19. The molecule has 0 unspecified atom stereocenters. The molecule has 27 heavy (non-hydrogen) atoms. The maximum Gasteiger partial charge on any atom is 0.236 e. The van der Waals surface area contributed by atoms with Crippen molar-refractivity contribution >= 4 is 55.3 Å². The molecule has 3 aromatic heterocycles. The Hall–Kier alpha value is -3.37. The topological polar surface area (TPSA) is 43.9 Å². The summed E-state index contributed by atoms with van der Waals surface area (Å²) in [6, 6.07) is 22.2. The van der Waals surface area contributed by atoms with Gasteiger partial charge in [0.1, 0.15) is 16.3 Å². The minimum Gasteiger partial charge on any atom is -0.455 e. The minimum absolute atomic E-state index is 0.413. The maximum absolute atomic E-state index is 6.27. The van der Waals surface area contributed by atoms with Crippen LogP contribution in [0, 0.1) is 0 Å². The lowest BCUT2D eigenvalue weighted by Crippen LogP contribution is -2.00. The average Bonchev–Trinajstić information content (AvgIpc) is 3.23. The van der Waals surface area contributed by atoms with Crippen LogP contribution in [0.2, 0.25) is 5.15 Å². The van der Waals surface area contributed by atoms with Crippen molar-refractivity contribution in [3.63, 3.8) is 0 Å². The van der Waals surface area contributed by atoms with E-state index in [-0.39, 0.29) is 0 Å². The van der Waals surface area contributed by atoms with Crippen molar-refractivity contribution in [2.45, 2.75) is 0 Å². The van der Waals surface area contributed by atoms with Gasteiger partial charge in [-0.2, -0.15) is 0 Å². The van der Waals surface area contributed by atoms with Gasteiger partial charge in [-0.25, -0.2) is 9.97 Å². The van der Waals surface area contributed by atoms with E-state index in [1.807, 2.05) is 34.9 Å². The van der Waals surface area contributed by atoms with Gasteiger partial charge in [0, 0.05) is 22.4 Å². The second-order valence-corrected chi connectivity index (χ2v) is 6.85. The highest BCUT2D eigenvalue weighted by Crippen LogP contribution is 2.39. The summed E-state index contributed by atoms with van der Waals surface area (Å²) in [5, 5.41) is 4.79. The molecule has 0 aliphatic rings. The molecule has 6 rings (SSSR count). The first kappa shape index (κ1) is 14.8. The molecule has 0 saturated heterocycles. The molecular weight excluding hydrogens is 358 g/mol. The van der Waals surface area contributed by atoms with Crippen LogP contribution in [0.5, 0.6) is 0 Å². The van der Waals surface area contributed by atoms with Crippen molar-refractivity contribution in [1.82, 2.24) is 14.5 Å². The van der Waals surface area contributed by atoms with Crippen molar-refractivity contribution in [3.8, 4) is 5.95 Å². The average molecular weight is 370 g/mol. The number of hydrogen-bond donors (Lipinski definition) is 0. The van der Waals surface area contributed by atoms with Crippen molar-refractivity contribution in [3.05, 3.63) is 78.1 Å². The summed E-state index contributed by atoms with van der Waals surface area (Å²) in [7, 11) is 0. The second kappa shape index (κ2) is 5.32. The Labute approximate surface area is 158 Å². The highest BCUT2D eigenvalue weighted by molar-refractivity contribution is 6.29. The van der Waals surface area contributed by atoms with E-state index in [1.165, 1.54) is 0 Å². The van der Waals surface area contributed by atoms with Gasteiger partial charge in [0.2, 0.25) is 5.95 Å². The van der Waals surface area contributed by atoms with E-state index in [2.05, 4.69) is 40.3 Å². The van der Waals surface area contributed by atoms with E-state index >= 15 is 0 Å². The Morgan fingerprint density at radius 3 is 2.48 bits per heavy atom. The lowest BCUT2D eigenvalue weighted by molar-refractivity contribution is 0.673. The van der Waals surface area contributed by atoms with Gasteiger partial charge in [-0.1, -0.05) is 48.0 Å². The van der Waals surface area contributed by atoms with Crippen molar-refractivity contribution < 1.29 is 4.42 Å². The van der Waals surface area contributed by atoms with Gasteiger partial charge in [0.15, 0.2) is 0 Å². The Balaban J connectivity index is 1.87. The third-order valence-corrected chi connectivity index (χ3v) is 5.20. The van der Waals surface area contributed by atoms with Crippen LogP contribution in [-0.2, 0) is 0 Å². The van der Waals surface area contributed by atoms with Gasteiger partial charge in [-0.05, 0) is 30.3 Å². The van der Waals surface area contributed by atoms with Crippen LogP contribution in [0.15, 0.2) is 77.3 Å². The molecule has 128 valence electrons. The molecule has 5 heteroatoms. The second-order valence-electron chi connectivity index (χ2n) is 6.47. The van der Waals surface area contributed by atoms with Crippen molar-refractivity contribution in [1.29, 1.82) is 0 Å². The van der Waals surface area contributed by atoms with E-state index in [9.17, 15) is 0 Å².